The summed E-state index contributed by atoms with van der Waals surface area (Å²) in [6.45, 7) is 4.31. The average molecular weight is 445 g/mol. The molecule has 0 aliphatic carbocycles. The molecule has 0 aliphatic heterocycles. The minimum Gasteiger partial charge on any atom is -0.183 e. The van der Waals surface area contributed by atoms with Gasteiger partial charge in [-0.25, -0.2) is 0 Å². The molecule has 0 aliphatic rings. The van der Waals surface area contributed by atoms with Crippen molar-refractivity contribution in [2.24, 2.45) is 0 Å². The van der Waals surface area contributed by atoms with Crippen molar-refractivity contribution in [2.75, 3.05) is 0 Å². The third-order valence-corrected chi connectivity index (χ3v) is 5.51. The van der Waals surface area contributed by atoms with Gasteiger partial charge in [0, 0.05) is 32.7 Å². The molecule has 0 spiro atoms. The van der Waals surface area contributed by atoms with Crippen LogP contribution in [0.25, 0.3) is 43.8 Å². The molecule has 0 nitrogen and oxygen atoms in total. The van der Waals surface area contributed by atoms with Crippen LogP contribution >= 0.6 is 0 Å². The molecule has 5 rings (SSSR count). The van der Waals surface area contributed by atoms with Crippen LogP contribution in [0.1, 0.15) is 11.1 Å². The Morgan fingerprint density at radius 2 is 1.21 bits per heavy atom. The quantitative estimate of drug-likeness (QED) is 0.195. The standard InChI is InChI=1S/C28H20.Y/c1-19-7-3-5-9-25(19)27-17-23(12-11-20(27)2)24-16-15-22-14-13-21-8-4-6-10-26(21)28(22)18-24;/h3-16H,1-2H3;/q-2;. The number of hydrogen-bond donors (Lipinski definition) is 0. The van der Waals surface area contributed by atoms with Crippen LogP contribution in [0.4, 0.5) is 0 Å². The Balaban J connectivity index is 0.00000205. The zero-order chi connectivity index (χ0) is 19.1. The van der Waals surface area contributed by atoms with Crippen LogP contribution in [0.3, 0.4) is 0 Å². The van der Waals surface area contributed by atoms with E-state index in [-0.39, 0.29) is 32.7 Å². The molecule has 0 unspecified atom stereocenters. The molecule has 29 heavy (non-hydrogen) atoms. The largest absolute Gasteiger partial charge is 0.183 e. The summed E-state index contributed by atoms with van der Waals surface area (Å²) in [5.74, 6) is 0. The van der Waals surface area contributed by atoms with Gasteiger partial charge in [0.05, 0.1) is 0 Å². The van der Waals surface area contributed by atoms with E-state index in [9.17, 15) is 0 Å². The summed E-state index contributed by atoms with van der Waals surface area (Å²) >= 11 is 0. The third-order valence-electron chi connectivity index (χ3n) is 5.51. The van der Waals surface area contributed by atoms with Gasteiger partial charge in [-0.15, -0.1) is 28.6 Å². The maximum Gasteiger partial charge on any atom is 0 e. The van der Waals surface area contributed by atoms with Crippen LogP contribution in [-0.2, 0) is 32.7 Å². The summed E-state index contributed by atoms with van der Waals surface area (Å²) in [5.41, 5.74) is 7.09. The second-order valence-corrected chi connectivity index (χ2v) is 7.37. The van der Waals surface area contributed by atoms with Gasteiger partial charge in [0.2, 0.25) is 0 Å². The summed E-state index contributed by atoms with van der Waals surface area (Å²) < 4.78 is 0. The predicted octanol–water partition coefficient (Wildman–Crippen LogP) is 7.54. The van der Waals surface area contributed by atoms with Crippen LogP contribution in [0.2, 0.25) is 0 Å². The Morgan fingerprint density at radius 1 is 0.552 bits per heavy atom. The number of benzene rings is 5. The molecule has 1 heteroatoms. The zero-order valence-electron chi connectivity index (χ0n) is 16.7. The molecule has 0 fully saturated rings. The fourth-order valence-electron chi connectivity index (χ4n) is 3.93. The van der Waals surface area contributed by atoms with Gasteiger partial charge in [-0.2, -0.15) is 35.4 Å². The topological polar surface area (TPSA) is 0 Å². The Bertz CT molecular complexity index is 1330. The first-order chi connectivity index (χ1) is 13.7. The van der Waals surface area contributed by atoms with Crippen LogP contribution in [0, 0.1) is 26.0 Å². The van der Waals surface area contributed by atoms with E-state index < -0.39 is 0 Å². The summed E-state index contributed by atoms with van der Waals surface area (Å²) in [4.78, 5) is 0. The van der Waals surface area contributed by atoms with Crippen LogP contribution in [0.5, 0.6) is 0 Å². The van der Waals surface area contributed by atoms with Gasteiger partial charge < -0.3 is 0 Å². The second-order valence-electron chi connectivity index (χ2n) is 7.37. The van der Waals surface area contributed by atoms with E-state index in [1.807, 2.05) is 0 Å². The maximum atomic E-state index is 3.67. The van der Waals surface area contributed by atoms with E-state index in [0.29, 0.717) is 0 Å². The van der Waals surface area contributed by atoms with Crippen LogP contribution < -0.4 is 0 Å². The van der Waals surface area contributed by atoms with E-state index in [1.165, 1.54) is 43.8 Å². The first-order valence-corrected chi connectivity index (χ1v) is 9.64. The molecule has 0 amide bonds. The van der Waals surface area contributed by atoms with E-state index in [2.05, 4.69) is 111 Å². The molecule has 0 saturated heterocycles. The first kappa shape index (κ1) is 20.0. The van der Waals surface area contributed by atoms with E-state index >= 15 is 0 Å². The first-order valence-electron chi connectivity index (χ1n) is 9.64. The Labute approximate surface area is 197 Å². The molecular formula is C28H20Y-2. The summed E-state index contributed by atoms with van der Waals surface area (Å²) in [5, 5.41) is 4.88. The van der Waals surface area contributed by atoms with Gasteiger partial charge in [-0.3, -0.25) is 0 Å². The van der Waals surface area contributed by atoms with Gasteiger partial charge in [0.1, 0.15) is 0 Å². The molecule has 137 valence electrons. The maximum absolute atomic E-state index is 3.67. The molecule has 0 bridgehead atoms. The second kappa shape index (κ2) is 8.22. The summed E-state index contributed by atoms with van der Waals surface area (Å²) in [6, 6.07) is 37.4. The molecule has 0 aromatic heterocycles. The number of aryl methyl sites for hydroxylation is 2. The average Bonchev–Trinajstić information content (AvgIpc) is 2.74. The monoisotopic (exact) mass is 445 g/mol. The number of hydrogen-bond acceptors (Lipinski definition) is 0. The van der Waals surface area contributed by atoms with Crippen LogP contribution in [-0.4, -0.2) is 0 Å². The van der Waals surface area contributed by atoms with E-state index in [4.69, 9.17) is 0 Å². The fourth-order valence-corrected chi connectivity index (χ4v) is 3.93. The Hall–Kier alpha value is -2.28. The molecule has 0 atom stereocenters. The summed E-state index contributed by atoms with van der Waals surface area (Å²) in [6.07, 6.45) is 0. The molecular weight excluding hydrogens is 425 g/mol. The number of fused-ring (bicyclic) bond motifs is 3. The molecule has 0 saturated carbocycles. The molecule has 1 radical (unpaired) electrons. The van der Waals surface area contributed by atoms with Gasteiger partial charge in [0.15, 0.2) is 0 Å². The van der Waals surface area contributed by atoms with Crippen molar-refractivity contribution in [3.8, 4) is 22.3 Å². The van der Waals surface area contributed by atoms with E-state index in [1.54, 1.807) is 0 Å². The van der Waals surface area contributed by atoms with Crippen molar-refractivity contribution in [2.45, 2.75) is 13.8 Å². The Kier molecular flexibility index (Phi) is 5.68. The van der Waals surface area contributed by atoms with Gasteiger partial charge >= 0.3 is 0 Å². The van der Waals surface area contributed by atoms with Crippen molar-refractivity contribution in [3.63, 3.8) is 0 Å². The third kappa shape index (κ3) is 3.68. The van der Waals surface area contributed by atoms with Crippen molar-refractivity contribution >= 4 is 21.5 Å². The molecule has 0 heterocycles. The smallest absolute Gasteiger partial charge is 0 e. The van der Waals surface area contributed by atoms with Gasteiger partial charge in [-0.05, 0) is 6.92 Å². The van der Waals surface area contributed by atoms with Crippen molar-refractivity contribution in [3.05, 3.63) is 108 Å². The molecule has 5 aromatic carbocycles. The van der Waals surface area contributed by atoms with Crippen LogP contribution in [0.15, 0.2) is 84.9 Å². The normalized spacial score (nSPS) is 10.8. The molecule has 5 aromatic rings. The number of rotatable bonds is 2. The SMILES string of the molecule is Cc1ccc(-c2[c-]c3c(cc2)ccc2ccccc23)[c-]c1-c1ccccc1C.[Y]. The van der Waals surface area contributed by atoms with Gasteiger partial charge in [-0.1, -0.05) is 94.9 Å². The fraction of sp³-hybridized carbons (Fsp3) is 0.0714. The van der Waals surface area contributed by atoms with Gasteiger partial charge in [0.25, 0.3) is 0 Å². The minimum atomic E-state index is 0. The summed E-state index contributed by atoms with van der Waals surface area (Å²) in [7, 11) is 0. The van der Waals surface area contributed by atoms with E-state index in [0.717, 1.165) is 11.1 Å². The van der Waals surface area contributed by atoms with Crippen molar-refractivity contribution in [1.29, 1.82) is 0 Å². The zero-order valence-corrected chi connectivity index (χ0v) is 19.5. The molecule has 0 N–H and O–H groups in total. The Morgan fingerprint density at radius 3 is 2.07 bits per heavy atom. The predicted molar refractivity (Wildman–Crippen MR) is 119 cm³/mol. The van der Waals surface area contributed by atoms with Crippen molar-refractivity contribution in [1.82, 2.24) is 0 Å². The minimum absolute atomic E-state index is 0. The van der Waals surface area contributed by atoms with Crippen molar-refractivity contribution < 1.29 is 32.7 Å².